The molecule has 35 heavy (non-hydrogen) atoms. The van der Waals surface area contributed by atoms with Crippen LogP contribution in [0.15, 0.2) is 79.0 Å². The minimum atomic E-state index is -1.70. The number of nitrogens with one attached hydrogen (secondary N) is 2. The maximum atomic E-state index is 13.1. The molecule has 0 bridgehead atoms. The molecule has 1 heterocycles. The summed E-state index contributed by atoms with van der Waals surface area (Å²) in [5.41, 5.74) is 1.46. The monoisotopic (exact) mass is 477 g/mol. The normalized spacial score (nSPS) is 13.1. The predicted molar refractivity (Wildman–Crippen MR) is 128 cm³/mol. The Morgan fingerprint density at radius 1 is 0.914 bits per heavy atom. The number of aliphatic hydroxyl groups is 1. The van der Waals surface area contributed by atoms with Gasteiger partial charge in [0.25, 0.3) is 11.8 Å². The summed E-state index contributed by atoms with van der Waals surface area (Å²) in [6.45, 7) is 0. The van der Waals surface area contributed by atoms with Crippen LogP contribution in [0, 0.1) is 0 Å². The lowest BCUT2D eigenvalue weighted by Gasteiger charge is -2.26. The van der Waals surface area contributed by atoms with Crippen LogP contribution in [0.1, 0.15) is 27.5 Å². The summed E-state index contributed by atoms with van der Waals surface area (Å²) >= 11 is 0. The Bertz CT molecular complexity index is 1140. The number of hydrogen-bond donors (Lipinski definition) is 3. The van der Waals surface area contributed by atoms with Gasteiger partial charge in [-0.15, -0.1) is 0 Å². The Morgan fingerprint density at radius 3 is 2.20 bits per heavy atom. The molecule has 3 rings (SSSR count). The fraction of sp³-hybridized carbons (Fsp3) is 0.231. The maximum Gasteiger partial charge on any atom is 0.328 e. The van der Waals surface area contributed by atoms with E-state index in [2.05, 4.69) is 15.6 Å². The van der Waals surface area contributed by atoms with Crippen molar-refractivity contribution in [1.29, 1.82) is 0 Å². The van der Waals surface area contributed by atoms with E-state index >= 15 is 0 Å². The number of nitrogens with zero attached hydrogens (tertiary/aromatic N) is 1. The van der Waals surface area contributed by atoms with E-state index in [0.717, 1.165) is 0 Å². The molecule has 0 fully saturated rings. The van der Waals surface area contributed by atoms with Crippen LogP contribution in [-0.4, -0.2) is 54.2 Å². The average molecular weight is 478 g/mol. The van der Waals surface area contributed by atoms with Gasteiger partial charge in [-0.1, -0.05) is 54.6 Å². The number of esters is 1. The molecule has 3 aromatic rings. The Balaban J connectivity index is 1.82. The van der Waals surface area contributed by atoms with Crippen molar-refractivity contribution in [2.24, 2.45) is 0 Å². The largest absolute Gasteiger partial charge is 0.481 e. The summed E-state index contributed by atoms with van der Waals surface area (Å²) in [4.78, 5) is 42.4. The van der Waals surface area contributed by atoms with E-state index in [4.69, 9.17) is 9.47 Å². The molecule has 0 unspecified atom stereocenters. The van der Waals surface area contributed by atoms with Crippen LogP contribution in [0.25, 0.3) is 0 Å². The predicted octanol–water partition coefficient (Wildman–Crippen LogP) is 1.82. The minimum absolute atomic E-state index is 0.0223. The summed E-state index contributed by atoms with van der Waals surface area (Å²) in [6, 6.07) is 18.2. The molecule has 0 aliphatic carbocycles. The fourth-order valence-corrected chi connectivity index (χ4v) is 3.55. The molecule has 9 heteroatoms. The van der Waals surface area contributed by atoms with E-state index < -0.39 is 36.0 Å². The van der Waals surface area contributed by atoms with Crippen LogP contribution in [-0.2, 0) is 20.7 Å². The molecule has 182 valence electrons. The highest BCUT2D eigenvalue weighted by molar-refractivity contribution is 5.95. The van der Waals surface area contributed by atoms with Gasteiger partial charge >= 0.3 is 5.97 Å². The van der Waals surface area contributed by atoms with Crippen molar-refractivity contribution in [2.45, 2.75) is 24.6 Å². The van der Waals surface area contributed by atoms with Gasteiger partial charge in [0.2, 0.25) is 5.88 Å². The third kappa shape index (κ3) is 6.64. The number of amides is 2. The van der Waals surface area contributed by atoms with E-state index in [9.17, 15) is 19.5 Å². The highest BCUT2D eigenvalue weighted by atomic mass is 16.5. The first kappa shape index (κ1) is 25.4. The lowest BCUT2D eigenvalue weighted by Crippen LogP contribution is -2.51. The molecular formula is C26H27N3O6. The quantitative estimate of drug-likeness (QED) is 0.380. The number of ether oxygens (including phenoxy) is 2. The molecule has 1 aromatic heterocycles. The van der Waals surface area contributed by atoms with E-state index in [1.54, 1.807) is 72.8 Å². The Kier molecular flexibility index (Phi) is 8.91. The zero-order chi connectivity index (χ0) is 25.2. The second kappa shape index (κ2) is 12.3. The SMILES string of the molecule is COC(=O)[C@@H](Cc1cccnc1OC)NC(=O)[C@H](O)[C@@H](NC(=O)c1ccccc1)c1ccccc1. The van der Waals surface area contributed by atoms with E-state index in [1.807, 2.05) is 0 Å². The summed E-state index contributed by atoms with van der Waals surface area (Å²) in [6.07, 6.45) is -0.139. The molecule has 0 spiro atoms. The summed E-state index contributed by atoms with van der Waals surface area (Å²) in [7, 11) is 2.65. The van der Waals surface area contributed by atoms with Crippen molar-refractivity contribution in [3.63, 3.8) is 0 Å². The van der Waals surface area contributed by atoms with Gasteiger partial charge in [-0.05, 0) is 23.8 Å². The smallest absolute Gasteiger partial charge is 0.328 e. The second-order valence-corrected chi connectivity index (χ2v) is 7.63. The van der Waals surface area contributed by atoms with Crippen molar-refractivity contribution >= 4 is 17.8 Å². The molecule has 3 N–H and O–H groups in total. The number of methoxy groups -OCH3 is 2. The maximum absolute atomic E-state index is 13.1. The molecule has 0 saturated carbocycles. The van der Waals surface area contributed by atoms with Crippen molar-refractivity contribution < 1.29 is 29.0 Å². The van der Waals surface area contributed by atoms with Crippen LogP contribution in [0.3, 0.4) is 0 Å². The zero-order valence-corrected chi connectivity index (χ0v) is 19.4. The molecule has 3 atom stereocenters. The fourth-order valence-electron chi connectivity index (χ4n) is 3.55. The van der Waals surface area contributed by atoms with Crippen LogP contribution in [0.5, 0.6) is 5.88 Å². The topological polar surface area (TPSA) is 127 Å². The van der Waals surface area contributed by atoms with Gasteiger partial charge in [0, 0.05) is 23.7 Å². The zero-order valence-electron chi connectivity index (χ0n) is 19.4. The van der Waals surface area contributed by atoms with Crippen molar-refractivity contribution in [1.82, 2.24) is 15.6 Å². The molecule has 0 saturated heterocycles. The minimum Gasteiger partial charge on any atom is -0.481 e. The van der Waals surface area contributed by atoms with Crippen LogP contribution >= 0.6 is 0 Å². The molecule has 2 amide bonds. The molecule has 9 nitrogen and oxygen atoms in total. The third-order valence-electron chi connectivity index (χ3n) is 5.34. The number of aliphatic hydroxyl groups excluding tert-OH is 1. The van der Waals surface area contributed by atoms with Crippen LogP contribution < -0.4 is 15.4 Å². The first-order valence-electron chi connectivity index (χ1n) is 10.9. The Hall–Kier alpha value is -4.24. The lowest BCUT2D eigenvalue weighted by molar-refractivity contribution is -0.146. The number of aromatic nitrogens is 1. The van der Waals surface area contributed by atoms with Gasteiger partial charge < -0.3 is 25.2 Å². The molecular weight excluding hydrogens is 450 g/mol. The standard InChI is InChI=1S/C26H27N3O6/c1-34-25-19(14-9-15-27-25)16-20(26(33)35-2)28-24(32)22(30)21(17-10-5-3-6-11-17)29-23(31)18-12-7-4-8-13-18/h3-15,20-22,30H,16H2,1-2H3,(H,28,32)(H,29,31)/t20-,21+,22-/m1/s1. The van der Waals surface area contributed by atoms with E-state index in [-0.39, 0.29) is 6.42 Å². The first-order valence-corrected chi connectivity index (χ1v) is 10.9. The van der Waals surface area contributed by atoms with Crippen molar-refractivity contribution in [3.8, 4) is 5.88 Å². The Morgan fingerprint density at radius 2 is 1.57 bits per heavy atom. The highest BCUT2D eigenvalue weighted by Crippen LogP contribution is 2.20. The van der Waals surface area contributed by atoms with Crippen LogP contribution in [0.2, 0.25) is 0 Å². The summed E-state index contributed by atoms with van der Waals surface area (Å²) in [5.74, 6) is -1.73. The van der Waals surface area contributed by atoms with Gasteiger partial charge in [0.05, 0.1) is 20.3 Å². The first-order chi connectivity index (χ1) is 16.9. The van der Waals surface area contributed by atoms with Crippen molar-refractivity contribution in [2.75, 3.05) is 14.2 Å². The van der Waals surface area contributed by atoms with Gasteiger partial charge in [-0.25, -0.2) is 9.78 Å². The van der Waals surface area contributed by atoms with Crippen molar-refractivity contribution in [3.05, 3.63) is 95.7 Å². The Labute approximate surface area is 203 Å². The number of carbonyl (C=O) groups excluding carboxylic acids is 3. The van der Waals surface area contributed by atoms with E-state index in [0.29, 0.717) is 22.6 Å². The number of carbonyl (C=O) groups is 3. The second-order valence-electron chi connectivity index (χ2n) is 7.63. The van der Waals surface area contributed by atoms with Gasteiger partial charge in [-0.2, -0.15) is 0 Å². The summed E-state index contributed by atoms with van der Waals surface area (Å²) in [5, 5.41) is 16.2. The molecule has 0 aliphatic rings. The number of benzene rings is 2. The molecule has 2 aromatic carbocycles. The number of hydrogen-bond acceptors (Lipinski definition) is 7. The average Bonchev–Trinajstić information content (AvgIpc) is 2.91. The van der Waals surface area contributed by atoms with E-state index in [1.165, 1.54) is 20.4 Å². The van der Waals surface area contributed by atoms with Gasteiger partial charge in [0.15, 0.2) is 6.10 Å². The molecule has 0 aliphatic heterocycles. The highest BCUT2D eigenvalue weighted by Gasteiger charge is 2.33. The lowest BCUT2D eigenvalue weighted by atomic mass is 9.99. The number of rotatable bonds is 10. The van der Waals surface area contributed by atoms with Gasteiger partial charge in [-0.3, -0.25) is 9.59 Å². The summed E-state index contributed by atoms with van der Waals surface area (Å²) < 4.78 is 10.1. The third-order valence-corrected chi connectivity index (χ3v) is 5.34. The van der Waals surface area contributed by atoms with Crippen LogP contribution in [0.4, 0.5) is 0 Å². The molecule has 0 radical (unpaired) electrons. The number of pyridine rings is 1. The van der Waals surface area contributed by atoms with Gasteiger partial charge in [0.1, 0.15) is 6.04 Å².